The summed E-state index contributed by atoms with van der Waals surface area (Å²) in [6.07, 6.45) is 0.582. The normalized spacial score (nSPS) is 31.6. The lowest BCUT2D eigenvalue weighted by Gasteiger charge is -2.39. The predicted molar refractivity (Wildman–Crippen MR) is 60.4 cm³/mol. The van der Waals surface area contributed by atoms with Crippen molar-refractivity contribution < 1.29 is 14.3 Å². The molecule has 2 saturated heterocycles. The van der Waals surface area contributed by atoms with Gasteiger partial charge in [0.25, 0.3) is 0 Å². The molecule has 0 radical (unpaired) electrons. The number of hydrogen-bond donors (Lipinski definition) is 0. The summed E-state index contributed by atoms with van der Waals surface area (Å²) in [5.41, 5.74) is -0.0865. The van der Waals surface area contributed by atoms with Crippen LogP contribution in [0.5, 0.6) is 0 Å². The van der Waals surface area contributed by atoms with Gasteiger partial charge in [-0.15, -0.1) is 0 Å². The van der Waals surface area contributed by atoms with Crippen molar-refractivity contribution in [3.05, 3.63) is 0 Å². The van der Waals surface area contributed by atoms with Gasteiger partial charge in [-0.05, 0) is 13.8 Å². The van der Waals surface area contributed by atoms with E-state index in [9.17, 15) is 4.79 Å². The summed E-state index contributed by atoms with van der Waals surface area (Å²) in [5.74, 6) is 0.429. The van der Waals surface area contributed by atoms with Crippen molar-refractivity contribution in [2.24, 2.45) is 5.92 Å². The maximum absolute atomic E-state index is 11.7. The van der Waals surface area contributed by atoms with E-state index in [1.807, 2.05) is 0 Å². The topological polar surface area (TPSA) is 38.8 Å². The Kier molecular flexibility index (Phi) is 3.62. The lowest BCUT2D eigenvalue weighted by atomic mass is 9.98. The number of ketones is 1. The quantitative estimate of drug-likeness (QED) is 0.696. The van der Waals surface area contributed by atoms with Crippen molar-refractivity contribution in [3.63, 3.8) is 0 Å². The molecule has 16 heavy (non-hydrogen) atoms. The molecule has 2 rings (SSSR count). The molecule has 0 spiro atoms. The fourth-order valence-electron chi connectivity index (χ4n) is 2.43. The highest BCUT2D eigenvalue weighted by Gasteiger charge is 2.31. The van der Waals surface area contributed by atoms with Gasteiger partial charge in [-0.25, -0.2) is 0 Å². The highest BCUT2D eigenvalue weighted by molar-refractivity contribution is 5.82. The van der Waals surface area contributed by atoms with Gasteiger partial charge in [-0.1, -0.05) is 0 Å². The van der Waals surface area contributed by atoms with Crippen LogP contribution in [0.3, 0.4) is 0 Å². The minimum Gasteiger partial charge on any atom is -0.380 e. The Morgan fingerprint density at radius 2 is 2.25 bits per heavy atom. The number of carbonyl (C=O) groups excluding carboxylic acids is 1. The van der Waals surface area contributed by atoms with Gasteiger partial charge in [0, 0.05) is 26.1 Å². The highest BCUT2D eigenvalue weighted by Crippen LogP contribution is 2.19. The summed E-state index contributed by atoms with van der Waals surface area (Å²) < 4.78 is 11.0. The van der Waals surface area contributed by atoms with Crippen LogP contribution in [0.2, 0.25) is 0 Å². The van der Waals surface area contributed by atoms with Gasteiger partial charge in [0.05, 0.1) is 31.3 Å². The van der Waals surface area contributed by atoms with Crippen LogP contribution >= 0.6 is 0 Å². The summed E-state index contributed by atoms with van der Waals surface area (Å²) in [6, 6.07) is 0. The van der Waals surface area contributed by atoms with E-state index >= 15 is 0 Å². The highest BCUT2D eigenvalue weighted by atomic mass is 16.5. The molecule has 2 aliphatic rings. The third-order valence-electron chi connectivity index (χ3n) is 3.25. The molecule has 0 N–H and O–H groups in total. The standard InChI is InChI=1S/C12H21NO3/c1-12(2)9-13(4-6-16-12)7-10-8-15-5-3-11(10)14/h10H,3-9H2,1-2H3. The first-order valence-electron chi connectivity index (χ1n) is 6.04. The SMILES string of the molecule is CC1(C)CN(CC2COCCC2=O)CCO1. The molecule has 0 bridgehead atoms. The van der Waals surface area contributed by atoms with E-state index in [2.05, 4.69) is 18.7 Å². The number of morpholine rings is 1. The molecule has 2 aliphatic heterocycles. The maximum atomic E-state index is 11.7. The van der Waals surface area contributed by atoms with Crippen molar-refractivity contribution in [1.29, 1.82) is 0 Å². The molecule has 0 aromatic carbocycles. The third-order valence-corrected chi connectivity index (χ3v) is 3.25. The molecule has 0 aliphatic carbocycles. The summed E-state index contributed by atoms with van der Waals surface area (Å²) in [5, 5.41) is 0. The average Bonchev–Trinajstić information content (AvgIpc) is 2.20. The van der Waals surface area contributed by atoms with E-state index in [1.54, 1.807) is 0 Å². The summed E-state index contributed by atoms with van der Waals surface area (Å²) in [4.78, 5) is 14.0. The van der Waals surface area contributed by atoms with E-state index in [0.29, 0.717) is 25.4 Å². The number of ether oxygens (including phenoxy) is 2. The Morgan fingerprint density at radius 1 is 1.44 bits per heavy atom. The Bertz CT molecular complexity index is 265. The summed E-state index contributed by atoms with van der Waals surface area (Å²) in [7, 11) is 0. The zero-order chi connectivity index (χ0) is 11.6. The van der Waals surface area contributed by atoms with Crippen LogP contribution in [-0.2, 0) is 14.3 Å². The first kappa shape index (κ1) is 12.0. The van der Waals surface area contributed by atoms with Gasteiger partial charge in [0.2, 0.25) is 0 Å². The number of Topliss-reactive ketones (excluding diaryl/α,β-unsaturated/α-hetero) is 1. The van der Waals surface area contributed by atoms with Crippen LogP contribution in [0.4, 0.5) is 0 Å². The van der Waals surface area contributed by atoms with Gasteiger partial charge in [0.15, 0.2) is 0 Å². The molecule has 1 unspecified atom stereocenters. The second-order valence-electron chi connectivity index (χ2n) is 5.33. The van der Waals surface area contributed by atoms with E-state index in [0.717, 1.165) is 26.2 Å². The number of hydrogen-bond acceptors (Lipinski definition) is 4. The minimum atomic E-state index is -0.0865. The van der Waals surface area contributed by atoms with E-state index < -0.39 is 0 Å². The zero-order valence-corrected chi connectivity index (χ0v) is 10.2. The van der Waals surface area contributed by atoms with E-state index in [-0.39, 0.29) is 11.5 Å². The first-order chi connectivity index (χ1) is 7.57. The fraction of sp³-hybridized carbons (Fsp3) is 0.917. The van der Waals surface area contributed by atoms with Crippen LogP contribution in [0.25, 0.3) is 0 Å². The summed E-state index contributed by atoms with van der Waals surface area (Å²) >= 11 is 0. The Hall–Kier alpha value is -0.450. The zero-order valence-electron chi connectivity index (χ0n) is 10.2. The van der Waals surface area contributed by atoms with Crippen LogP contribution in [-0.4, -0.2) is 55.7 Å². The first-order valence-corrected chi connectivity index (χ1v) is 6.04. The van der Waals surface area contributed by atoms with Crippen molar-refractivity contribution >= 4 is 5.78 Å². The van der Waals surface area contributed by atoms with Gasteiger partial charge >= 0.3 is 0 Å². The van der Waals surface area contributed by atoms with Gasteiger partial charge in [0.1, 0.15) is 5.78 Å². The molecular formula is C12H21NO3. The molecule has 2 fully saturated rings. The lowest BCUT2D eigenvalue weighted by molar-refractivity contribution is -0.134. The van der Waals surface area contributed by atoms with Crippen molar-refractivity contribution in [2.45, 2.75) is 25.9 Å². The van der Waals surface area contributed by atoms with Gasteiger partial charge in [-0.3, -0.25) is 9.69 Å². The molecule has 4 heteroatoms. The number of carbonyl (C=O) groups is 1. The second kappa shape index (κ2) is 4.82. The third kappa shape index (κ3) is 3.03. The van der Waals surface area contributed by atoms with Gasteiger partial charge < -0.3 is 9.47 Å². The minimum absolute atomic E-state index is 0.0719. The van der Waals surface area contributed by atoms with Crippen LogP contribution in [0, 0.1) is 5.92 Å². The smallest absolute Gasteiger partial charge is 0.141 e. The monoisotopic (exact) mass is 227 g/mol. The van der Waals surface area contributed by atoms with Crippen LogP contribution < -0.4 is 0 Å². The van der Waals surface area contributed by atoms with E-state index in [1.165, 1.54) is 0 Å². The van der Waals surface area contributed by atoms with Crippen molar-refractivity contribution in [3.8, 4) is 0 Å². The largest absolute Gasteiger partial charge is 0.380 e. The van der Waals surface area contributed by atoms with Crippen molar-refractivity contribution in [2.75, 3.05) is 39.5 Å². The fourth-order valence-corrected chi connectivity index (χ4v) is 2.43. The van der Waals surface area contributed by atoms with Crippen molar-refractivity contribution in [1.82, 2.24) is 4.90 Å². The molecule has 0 aromatic heterocycles. The number of rotatable bonds is 2. The van der Waals surface area contributed by atoms with Gasteiger partial charge in [-0.2, -0.15) is 0 Å². The Labute approximate surface area is 96.9 Å². The lowest BCUT2D eigenvalue weighted by Crippen LogP contribution is -2.51. The van der Waals surface area contributed by atoms with Crippen LogP contribution in [0.1, 0.15) is 20.3 Å². The Morgan fingerprint density at radius 3 is 2.94 bits per heavy atom. The summed E-state index contributed by atoms with van der Waals surface area (Å²) in [6.45, 7) is 8.79. The molecule has 0 saturated carbocycles. The molecule has 0 aromatic rings. The molecule has 92 valence electrons. The average molecular weight is 227 g/mol. The molecule has 1 atom stereocenters. The molecular weight excluding hydrogens is 206 g/mol. The van der Waals surface area contributed by atoms with E-state index in [4.69, 9.17) is 9.47 Å². The molecule has 0 amide bonds. The Balaban J connectivity index is 1.86. The number of nitrogens with zero attached hydrogens (tertiary/aromatic N) is 1. The predicted octanol–water partition coefficient (Wildman–Crippen LogP) is 0.703. The molecule has 2 heterocycles. The molecule has 4 nitrogen and oxygen atoms in total. The maximum Gasteiger partial charge on any atom is 0.141 e. The second-order valence-corrected chi connectivity index (χ2v) is 5.33. The van der Waals surface area contributed by atoms with Crippen LogP contribution in [0.15, 0.2) is 0 Å².